The predicted octanol–water partition coefficient (Wildman–Crippen LogP) is -0.818. The van der Waals surface area contributed by atoms with E-state index in [2.05, 4.69) is 5.32 Å². The van der Waals surface area contributed by atoms with Crippen LogP contribution in [0.2, 0.25) is 0 Å². The van der Waals surface area contributed by atoms with Crippen molar-refractivity contribution in [2.45, 2.75) is 31.0 Å². The maximum Gasteiger partial charge on any atom is 0.320 e. The second-order valence-electron chi connectivity index (χ2n) is 3.39. The maximum absolute atomic E-state index is 10.6. The SMILES string of the molecule is O=C(O)[C@H]1N[C@@H]2C[C@H]1C[C@H]2O. The fourth-order valence-electron chi connectivity index (χ4n) is 2.14. The number of piperidine rings is 1. The summed E-state index contributed by atoms with van der Waals surface area (Å²) < 4.78 is 0. The Bertz CT molecular complexity index is 192. The summed E-state index contributed by atoms with van der Waals surface area (Å²) in [6, 6.07) is -0.385. The van der Waals surface area contributed by atoms with E-state index in [9.17, 15) is 9.90 Å². The fraction of sp³-hybridized carbons (Fsp3) is 0.857. The summed E-state index contributed by atoms with van der Waals surface area (Å²) in [5.74, 6) is -0.642. The third-order valence-electron chi connectivity index (χ3n) is 2.70. The molecule has 2 rings (SSSR count). The van der Waals surface area contributed by atoms with Crippen LogP contribution in [0.25, 0.3) is 0 Å². The lowest BCUT2D eigenvalue weighted by Gasteiger charge is -2.22. The highest BCUT2D eigenvalue weighted by molar-refractivity contribution is 5.74. The molecular weight excluding hydrogens is 146 g/mol. The molecule has 4 heteroatoms. The molecule has 1 saturated heterocycles. The lowest BCUT2D eigenvalue weighted by molar-refractivity contribution is -0.141. The number of carboxylic acids is 1. The monoisotopic (exact) mass is 157 g/mol. The molecule has 2 fully saturated rings. The number of nitrogens with one attached hydrogen (secondary N) is 1. The Morgan fingerprint density at radius 3 is 2.55 bits per heavy atom. The number of aliphatic hydroxyl groups is 1. The highest BCUT2D eigenvalue weighted by Gasteiger charge is 2.47. The van der Waals surface area contributed by atoms with Crippen molar-refractivity contribution in [1.82, 2.24) is 5.32 Å². The Morgan fingerprint density at radius 2 is 2.18 bits per heavy atom. The van der Waals surface area contributed by atoms with Crippen LogP contribution in [0.4, 0.5) is 0 Å². The first-order chi connectivity index (χ1) is 5.18. The van der Waals surface area contributed by atoms with Crippen molar-refractivity contribution in [2.24, 2.45) is 5.92 Å². The molecule has 1 saturated carbocycles. The molecule has 4 atom stereocenters. The molecule has 0 aromatic heterocycles. The van der Waals surface area contributed by atoms with Crippen molar-refractivity contribution < 1.29 is 15.0 Å². The molecule has 0 aromatic carbocycles. The minimum absolute atomic E-state index is 0.0288. The number of hydrogen-bond acceptors (Lipinski definition) is 3. The molecular formula is C7H11NO3. The van der Waals surface area contributed by atoms with Gasteiger partial charge in [-0.25, -0.2) is 0 Å². The lowest BCUT2D eigenvalue weighted by Crippen LogP contribution is -2.47. The first-order valence-electron chi connectivity index (χ1n) is 3.85. The summed E-state index contributed by atoms with van der Waals surface area (Å²) >= 11 is 0. The normalized spacial score (nSPS) is 48.1. The molecule has 2 aliphatic rings. The summed E-state index contributed by atoms with van der Waals surface area (Å²) in [5, 5.41) is 20.8. The molecule has 3 N–H and O–H groups in total. The van der Waals surface area contributed by atoms with E-state index < -0.39 is 12.0 Å². The van der Waals surface area contributed by atoms with Crippen LogP contribution in [-0.4, -0.2) is 34.4 Å². The van der Waals surface area contributed by atoms with Gasteiger partial charge in [0, 0.05) is 6.04 Å². The van der Waals surface area contributed by atoms with Crippen LogP contribution in [0.1, 0.15) is 12.8 Å². The molecule has 1 aliphatic carbocycles. The third-order valence-corrected chi connectivity index (χ3v) is 2.70. The zero-order valence-corrected chi connectivity index (χ0v) is 6.03. The molecule has 2 bridgehead atoms. The number of fused-ring (bicyclic) bond motifs is 2. The van der Waals surface area contributed by atoms with Crippen LogP contribution in [0, 0.1) is 5.92 Å². The van der Waals surface area contributed by atoms with Crippen molar-refractivity contribution in [1.29, 1.82) is 0 Å². The van der Waals surface area contributed by atoms with Gasteiger partial charge in [0.15, 0.2) is 0 Å². The van der Waals surface area contributed by atoms with E-state index in [-0.39, 0.29) is 18.1 Å². The number of rotatable bonds is 1. The van der Waals surface area contributed by atoms with E-state index in [0.717, 1.165) is 6.42 Å². The smallest absolute Gasteiger partial charge is 0.320 e. The second-order valence-corrected chi connectivity index (χ2v) is 3.39. The van der Waals surface area contributed by atoms with Crippen molar-refractivity contribution in [3.05, 3.63) is 0 Å². The lowest BCUT2D eigenvalue weighted by atomic mass is 9.99. The molecule has 1 heterocycles. The highest BCUT2D eigenvalue weighted by Crippen LogP contribution is 2.35. The van der Waals surface area contributed by atoms with E-state index in [1.165, 1.54) is 0 Å². The minimum atomic E-state index is -0.788. The van der Waals surface area contributed by atoms with Crippen LogP contribution in [0.5, 0.6) is 0 Å². The first kappa shape index (κ1) is 7.06. The van der Waals surface area contributed by atoms with Crippen molar-refractivity contribution in [3.8, 4) is 0 Å². The van der Waals surface area contributed by atoms with E-state index in [1.54, 1.807) is 0 Å². The largest absolute Gasteiger partial charge is 0.480 e. The van der Waals surface area contributed by atoms with Crippen LogP contribution in [-0.2, 0) is 4.79 Å². The van der Waals surface area contributed by atoms with Gasteiger partial charge in [-0.1, -0.05) is 0 Å². The zero-order chi connectivity index (χ0) is 8.01. The number of aliphatic carboxylic acids is 1. The molecule has 0 aromatic rings. The molecule has 0 unspecified atom stereocenters. The number of carbonyl (C=O) groups is 1. The topological polar surface area (TPSA) is 69.6 Å². The Labute approximate surface area is 64.2 Å². The highest BCUT2D eigenvalue weighted by atomic mass is 16.4. The zero-order valence-electron chi connectivity index (χ0n) is 6.03. The van der Waals surface area contributed by atoms with Crippen molar-refractivity contribution in [2.75, 3.05) is 0 Å². The molecule has 0 spiro atoms. The van der Waals surface area contributed by atoms with Gasteiger partial charge in [0.1, 0.15) is 6.04 Å². The van der Waals surface area contributed by atoms with Gasteiger partial charge in [-0.2, -0.15) is 0 Å². The van der Waals surface area contributed by atoms with Gasteiger partial charge in [-0.3, -0.25) is 10.1 Å². The summed E-state index contributed by atoms with van der Waals surface area (Å²) in [6.45, 7) is 0. The van der Waals surface area contributed by atoms with Gasteiger partial charge in [0.2, 0.25) is 0 Å². The van der Waals surface area contributed by atoms with Gasteiger partial charge in [0.05, 0.1) is 6.10 Å². The minimum Gasteiger partial charge on any atom is -0.480 e. The number of aliphatic hydroxyl groups excluding tert-OH is 1. The first-order valence-corrected chi connectivity index (χ1v) is 3.85. The van der Waals surface area contributed by atoms with Crippen LogP contribution in [0.15, 0.2) is 0 Å². The third kappa shape index (κ3) is 0.937. The van der Waals surface area contributed by atoms with Crippen molar-refractivity contribution >= 4 is 5.97 Å². The fourth-order valence-corrected chi connectivity index (χ4v) is 2.14. The van der Waals surface area contributed by atoms with Gasteiger partial charge in [0.25, 0.3) is 0 Å². The Kier molecular flexibility index (Phi) is 1.40. The Morgan fingerprint density at radius 1 is 1.45 bits per heavy atom. The summed E-state index contributed by atoms with van der Waals surface area (Å²) in [5.41, 5.74) is 0. The van der Waals surface area contributed by atoms with E-state index in [0.29, 0.717) is 6.42 Å². The molecule has 62 valence electrons. The predicted molar refractivity (Wildman–Crippen MR) is 37.1 cm³/mol. The van der Waals surface area contributed by atoms with E-state index in [4.69, 9.17) is 5.11 Å². The van der Waals surface area contributed by atoms with Crippen LogP contribution >= 0.6 is 0 Å². The summed E-state index contributed by atoms with van der Waals surface area (Å²) in [4.78, 5) is 10.6. The van der Waals surface area contributed by atoms with Gasteiger partial charge < -0.3 is 10.2 Å². The molecule has 1 aliphatic heterocycles. The van der Waals surface area contributed by atoms with Crippen LogP contribution in [0.3, 0.4) is 0 Å². The number of hydrogen-bond donors (Lipinski definition) is 3. The average molecular weight is 157 g/mol. The molecule has 0 amide bonds. The van der Waals surface area contributed by atoms with Gasteiger partial charge in [-0.05, 0) is 18.8 Å². The molecule has 11 heavy (non-hydrogen) atoms. The van der Waals surface area contributed by atoms with Gasteiger partial charge >= 0.3 is 5.97 Å². The average Bonchev–Trinajstić information content (AvgIpc) is 2.43. The molecule has 0 radical (unpaired) electrons. The quantitative estimate of drug-likeness (QED) is 0.465. The Balaban J connectivity index is 2.08. The van der Waals surface area contributed by atoms with Crippen LogP contribution < -0.4 is 5.32 Å². The number of carboxylic acid groups (broad SMARTS) is 1. The van der Waals surface area contributed by atoms with E-state index in [1.807, 2.05) is 0 Å². The van der Waals surface area contributed by atoms with E-state index >= 15 is 0 Å². The van der Waals surface area contributed by atoms with Gasteiger partial charge in [-0.15, -0.1) is 0 Å². The maximum atomic E-state index is 10.6. The molecule has 4 nitrogen and oxygen atoms in total. The van der Waals surface area contributed by atoms with Crippen molar-refractivity contribution in [3.63, 3.8) is 0 Å². The second kappa shape index (κ2) is 2.19. The summed E-state index contributed by atoms with van der Waals surface area (Å²) in [6.07, 6.45) is 1.14. The standard InChI is InChI=1S/C7H11NO3/c9-5-2-3-1-4(5)8-6(3)7(10)11/h3-6,8-9H,1-2H2,(H,10,11)/t3-,4+,5+,6-/m0/s1. The summed E-state index contributed by atoms with van der Waals surface area (Å²) in [7, 11) is 0. The Hall–Kier alpha value is -0.610.